The molecule has 1 amide bonds. The zero-order chi connectivity index (χ0) is 17.1. The number of hydrogen-bond donors (Lipinski definition) is 0. The minimum Gasteiger partial charge on any atom is -0.444 e. The number of likely N-dealkylation sites (tertiary alicyclic amines) is 1. The van der Waals surface area contributed by atoms with Gasteiger partial charge in [0.1, 0.15) is 5.60 Å². The SMILES string of the molecule is CC(C)(C)OC(=O)N1CC[C@@H]2[C@H](C1)c1cc(Br)cc3c1N2CCC3. The molecule has 0 radical (unpaired) electrons. The molecule has 0 N–H and O–H groups in total. The van der Waals surface area contributed by atoms with E-state index >= 15 is 0 Å². The van der Waals surface area contributed by atoms with Crippen molar-refractivity contribution in [3.63, 3.8) is 0 Å². The fraction of sp³-hybridized carbons (Fsp3) is 0.632. The van der Waals surface area contributed by atoms with Crippen LogP contribution >= 0.6 is 15.9 Å². The van der Waals surface area contributed by atoms with Crippen molar-refractivity contribution in [2.45, 2.75) is 57.6 Å². The lowest BCUT2D eigenvalue weighted by Crippen LogP contribution is -2.49. The van der Waals surface area contributed by atoms with Crippen LogP contribution in [0.2, 0.25) is 0 Å². The van der Waals surface area contributed by atoms with Gasteiger partial charge in [-0.05, 0) is 63.3 Å². The molecule has 24 heavy (non-hydrogen) atoms. The molecule has 0 bridgehead atoms. The molecule has 3 aliphatic heterocycles. The van der Waals surface area contributed by atoms with E-state index in [9.17, 15) is 4.79 Å². The standard InChI is InChI=1S/C19H25BrN2O2/c1-19(2,3)24-18(23)21-8-6-16-15(11-21)14-10-13(20)9-12-5-4-7-22(16)17(12)14/h9-10,15-16H,4-8,11H2,1-3H3/t15-,16-/m1/s1. The number of benzene rings is 1. The van der Waals surface area contributed by atoms with E-state index in [-0.39, 0.29) is 6.09 Å². The van der Waals surface area contributed by atoms with Gasteiger partial charge in [-0.2, -0.15) is 0 Å². The van der Waals surface area contributed by atoms with Gasteiger partial charge in [-0.1, -0.05) is 15.9 Å². The number of piperidine rings is 1. The zero-order valence-electron chi connectivity index (χ0n) is 14.6. The Balaban J connectivity index is 1.62. The molecule has 1 aromatic rings. The molecule has 4 rings (SSSR count). The molecule has 0 aromatic heterocycles. The van der Waals surface area contributed by atoms with Crippen LogP contribution in [0.15, 0.2) is 16.6 Å². The lowest BCUT2D eigenvalue weighted by molar-refractivity contribution is 0.0189. The fourth-order valence-electron chi connectivity index (χ4n) is 4.50. The number of rotatable bonds is 0. The Morgan fingerprint density at radius 2 is 2.08 bits per heavy atom. The van der Waals surface area contributed by atoms with E-state index in [4.69, 9.17) is 4.74 Å². The Labute approximate surface area is 152 Å². The van der Waals surface area contributed by atoms with E-state index in [1.54, 1.807) is 0 Å². The Morgan fingerprint density at radius 1 is 1.29 bits per heavy atom. The maximum Gasteiger partial charge on any atom is 0.410 e. The normalized spacial score (nSPS) is 25.3. The zero-order valence-corrected chi connectivity index (χ0v) is 16.2. The van der Waals surface area contributed by atoms with Gasteiger partial charge in [0.05, 0.1) is 0 Å². The summed E-state index contributed by atoms with van der Waals surface area (Å²) in [5.74, 6) is 0.399. The van der Waals surface area contributed by atoms with Crippen molar-refractivity contribution >= 4 is 27.7 Å². The molecule has 0 unspecified atom stereocenters. The molecule has 1 saturated heterocycles. The molecule has 2 atom stereocenters. The second-order valence-corrected chi connectivity index (χ2v) is 9.10. The van der Waals surface area contributed by atoms with Crippen LogP contribution in [0, 0.1) is 0 Å². The number of carbonyl (C=O) groups excluding carboxylic acids is 1. The smallest absolute Gasteiger partial charge is 0.410 e. The molecule has 1 fully saturated rings. The minimum absolute atomic E-state index is 0.175. The van der Waals surface area contributed by atoms with Gasteiger partial charge in [0.2, 0.25) is 0 Å². The molecule has 5 heteroatoms. The van der Waals surface area contributed by atoms with Crippen molar-refractivity contribution in [1.82, 2.24) is 4.90 Å². The summed E-state index contributed by atoms with van der Waals surface area (Å²) in [7, 11) is 0. The van der Waals surface area contributed by atoms with Crippen LogP contribution in [-0.4, -0.2) is 42.3 Å². The lowest BCUT2D eigenvalue weighted by atomic mass is 9.89. The number of carbonyl (C=O) groups is 1. The van der Waals surface area contributed by atoms with Gasteiger partial charge in [0.25, 0.3) is 0 Å². The number of aryl methyl sites for hydroxylation is 1. The average Bonchev–Trinajstić information content (AvgIpc) is 2.81. The molecular weight excluding hydrogens is 368 g/mol. The number of amides is 1. The van der Waals surface area contributed by atoms with Crippen molar-refractivity contribution < 1.29 is 9.53 Å². The Hall–Kier alpha value is -1.23. The van der Waals surface area contributed by atoms with Gasteiger partial charge in [-0.3, -0.25) is 0 Å². The minimum atomic E-state index is -0.438. The molecule has 0 spiro atoms. The van der Waals surface area contributed by atoms with Crippen LogP contribution in [0.1, 0.15) is 50.7 Å². The van der Waals surface area contributed by atoms with E-state index in [1.165, 1.54) is 23.2 Å². The van der Waals surface area contributed by atoms with Crippen molar-refractivity contribution in [1.29, 1.82) is 0 Å². The number of halogens is 1. The lowest BCUT2D eigenvalue weighted by Gasteiger charge is -2.40. The quantitative estimate of drug-likeness (QED) is 0.659. The van der Waals surface area contributed by atoms with Crippen LogP contribution in [0.3, 0.4) is 0 Å². The third-order valence-electron chi connectivity index (χ3n) is 5.34. The van der Waals surface area contributed by atoms with E-state index in [1.807, 2.05) is 25.7 Å². The second kappa shape index (κ2) is 5.65. The Kier molecular flexibility index (Phi) is 3.83. The van der Waals surface area contributed by atoms with Gasteiger partial charge in [0.15, 0.2) is 0 Å². The maximum atomic E-state index is 12.5. The van der Waals surface area contributed by atoms with Crippen LogP contribution in [0.25, 0.3) is 0 Å². The fourth-order valence-corrected chi connectivity index (χ4v) is 5.02. The summed E-state index contributed by atoms with van der Waals surface area (Å²) in [6.07, 6.45) is 3.23. The summed E-state index contributed by atoms with van der Waals surface area (Å²) in [5, 5.41) is 0. The van der Waals surface area contributed by atoms with Crippen LogP contribution < -0.4 is 4.90 Å². The highest BCUT2D eigenvalue weighted by Crippen LogP contribution is 2.49. The van der Waals surface area contributed by atoms with Gasteiger partial charge >= 0.3 is 6.09 Å². The molecule has 1 aromatic carbocycles. The van der Waals surface area contributed by atoms with Crippen LogP contribution in [-0.2, 0) is 11.2 Å². The van der Waals surface area contributed by atoms with E-state index in [0.717, 1.165) is 36.9 Å². The predicted octanol–water partition coefficient (Wildman–Crippen LogP) is 4.31. The van der Waals surface area contributed by atoms with Crippen molar-refractivity contribution in [3.8, 4) is 0 Å². The van der Waals surface area contributed by atoms with Crippen molar-refractivity contribution in [2.75, 3.05) is 24.5 Å². The number of anilines is 1. The number of hydrogen-bond acceptors (Lipinski definition) is 3. The van der Waals surface area contributed by atoms with Crippen LogP contribution in [0.4, 0.5) is 10.5 Å². The van der Waals surface area contributed by atoms with Crippen molar-refractivity contribution in [3.05, 3.63) is 27.7 Å². The largest absolute Gasteiger partial charge is 0.444 e. The average molecular weight is 393 g/mol. The second-order valence-electron chi connectivity index (χ2n) is 8.19. The first-order valence-electron chi connectivity index (χ1n) is 8.90. The monoisotopic (exact) mass is 392 g/mol. The third-order valence-corrected chi connectivity index (χ3v) is 5.80. The maximum absolute atomic E-state index is 12.5. The summed E-state index contributed by atoms with van der Waals surface area (Å²) in [6, 6.07) is 5.07. The Bertz CT molecular complexity index is 683. The highest BCUT2D eigenvalue weighted by molar-refractivity contribution is 9.10. The van der Waals surface area contributed by atoms with Gasteiger partial charge in [-0.25, -0.2) is 4.79 Å². The van der Waals surface area contributed by atoms with Gasteiger partial charge in [-0.15, -0.1) is 0 Å². The van der Waals surface area contributed by atoms with E-state index < -0.39 is 5.60 Å². The topological polar surface area (TPSA) is 32.8 Å². The summed E-state index contributed by atoms with van der Waals surface area (Å²) < 4.78 is 6.75. The molecule has 0 aliphatic carbocycles. The first-order chi connectivity index (χ1) is 11.3. The molecule has 3 aliphatic rings. The molecule has 3 heterocycles. The highest BCUT2D eigenvalue weighted by atomic mass is 79.9. The number of fused-ring (bicyclic) bond motifs is 3. The van der Waals surface area contributed by atoms with Gasteiger partial charge < -0.3 is 14.5 Å². The molecule has 130 valence electrons. The summed E-state index contributed by atoms with van der Waals surface area (Å²) in [4.78, 5) is 17.0. The van der Waals surface area contributed by atoms with E-state index in [0.29, 0.717) is 12.0 Å². The summed E-state index contributed by atoms with van der Waals surface area (Å²) in [6.45, 7) is 8.48. The molecule has 4 nitrogen and oxygen atoms in total. The van der Waals surface area contributed by atoms with Crippen molar-refractivity contribution in [2.24, 2.45) is 0 Å². The Morgan fingerprint density at radius 3 is 2.83 bits per heavy atom. The van der Waals surface area contributed by atoms with Crippen LogP contribution in [0.5, 0.6) is 0 Å². The van der Waals surface area contributed by atoms with E-state index in [2.05, 4.69) is 33.0 Å². The first kappa shape index (κ1) is 16.2. The molecule has 0 saturated carbocycles. The van der Waals surface area contributed by atoms with Gasteiger partial charge in [0, 0.05) is 41.8 Å². The highest BCUT2D eigenvalue weighted by Gasteiger charge is 2.45. The third kappa shape index (κ3) is 2.71. The molecular formula is C19H25BrN2O2. The number of ether oxygens (including phenoxy) is 1. The predicted molar refractivity (Wildman–Crippen MR) is 98.8 cm³/mol. The summed E-state index contributed by atoms with van der Waals surface area (Å²) >= 11 is 3.68. The summed E-state index contributed by atoms with van der Waals surface area (Å²) in [5.41, 5.74) is 3.89. The number of nitrogens with zero attached hydrogens (tertiary/aromatic N) is 2. The first-order valence-corrected chi connectivity index (χ1v) is 9.70.